The zero-order valence-electron chi connectivity index (χ0n) is 14.3. The van der Waals surface area contributed by atoms with Gasteiger partial charge in [-0.2, -0.15) is 0 Å². The van der Waals surface area contributed by atoms with E-state index in [1.54, 1.807) is 6.33 Å². The molecule has 6 nitrogen and oxygen atoms in total. The van der Waals surface area contributed by atoms with Gasteiger partial charge in [0.25, 0.3) is 0 Å². The molecule has 124 valence electrons. The first-order valence-corrected chi connectivity index (χ1v) is 11.8. The summed E-state index contributed by atoms with van der Waals surface area (Å²) in [5, 5.41) is 1.06. The molecule has 23 heavy (non-hydrogen) atoms. The van der Waals surface area contributed by atoms with Gasteiger partial charge in [0, 0.05) is 38.0 Å². The Hall–Kier alpha value is -1.70. The minimum absolute atomic E-state index is 0.226. The molecule has 2 N–H and O–H groups in total. The monoisotopic (exact) mass is 331 g/mol. The van der Waals surface area contributed by atoms with Gasteiger partial charge in [-0.05, 0) is 19.0 Å². The Morgan fingerprint density at radius 2 is 2.13 bits per heavy atom. The fraction of sp³-hybridized carbons (Fsp3) is 0.500. The summed E-state index contributed by atoms with van der Waals surface area (Å²) >= 11 is 0. The maximum absolute atomic E-state index is 5.85. The van der Waals surface area contributed by atoms with E-state index >= 15 is 0 Å². The first kappa shape index (κ1) is 16.2. The van der Waals surface area contributed by atoms with E-state index in [1.165, 1.54) is 6.04 Å². The lowest BCUT2D eigenvalue weighted by atomic mass is 10.1. The van der Waals surface area contributed by atoms with E-state index in [-0.39, 0.29) is 6.04 Å². The molecular formula is C16H25N5OSi. The molecule has 0 bridgehead atoms. The maximum atomic E-state index is 5.85. The predicted molar refractivity (Wildman–Crippen MR) is 95.3 cm³/mol. The summed E-state index contributed by atoms with van der Waals surface area (Å²) in [5.41, 5.74) is 9.25. The molecule has 0 saturated heterocycles. The smallest absolute Gasteiger partial charge is 0.145 e. The first-order chi connectivity index (χ1) is 11.0. The highest BCUT2D eigenvalue weighted by Gasteiger charge is 2.20. The quantitative estimate of drug-likeness (QED) is 0.629. The fourth-order valence-corrected chi connectivity index (χ4v) is 3.36. The Kier molecular flexibility index (Phi) is 4.52. The second-order valence-corrected chi connectivity index (χ2v) is 12.8. The minimum Gasteiger partial charge on any atom is -0.361 e. The van der Waals surface area contributed by atoms with Crippen LogP contribution in [0, 0.1) is 0 Å². The van der Waals surface area contributed by atoms with Crippen molar-refractivity contribution in [2.45, 2.75) is 45.4 Å². The van der Waals surface area contributed by atoms with Gasteiger partial charge in [0.1, 0.15) is 18.7 Å². The van der Waals surface area contributed by atoms with Gasteiger partial charge >= 0.3 is 0 Å². The Morgan fingerprint density at radius 1 is 1.30 bits per heavy atom. The molecule has 0 radical (unpaired) electrons. The molecule has 7 heteroatoms. The summed E-state index contributed by atoms with van der Waals surface area (Å²) in [6, 6.07) is 3.47. The third-order valence-electron chi connectivity index (χ3n) is 4.05. The molecule has 1 aliphatic heterocycles. The Balaban J connectivity index is 1.76. The second-order valence-electron chi connectivity index (χ2n) is 7.20. The highest BCUT2D eigenvalue weighted by atomic mass is 28.3. The number of fused-ring (bicyclic) bond motifs is 1. The van der Waals surface area contributed by atoms with Gasteiger partial charge in [-0.1, -0.05) is 19.6 Å². The number of hydrogen-bond donors (Lipinski definition) is 2. The van der Waals surface area contributed by atoms with Crippen molar-refractivity contribution in [2.24, 2.45) is 0 Å². The van der Waals surface area contributed by atoms with Gasteiger partial charge in [-0.15, -0.1) is 0 Å². The van der Waals surface area contributed by atoms with Crippen LogP contribution < -0.4 is 10.9 Å². The van der Waals surface area contributed by atoms with Crippen LogP contribution in [0.15, 0.2) is 24.8 Å². The van der Waals surface area contributed by atoms with Gasteiger partial charge in [0.15, 0.2) is 0 Å². The fourth-order valence-electron chi connectivity index (χ4n) is 2.60. The number of hydrogen-bond acceptors (Lipinski definition) is 5. The number of nitrogens with one attached hydrogen (secondary N) is 2. The van der Waals surface area contributed by atoms with Crippen LogP contribution in [0.1, 0.15) is 12.6 Å². The first-order valence-electron chi connectivity index (χ1n) is 8.05. The normalized spacial score (nSPS) is 18.3. The number of nitrogens with zero attached hydrogens (tertiary/aromatic N) is 3. The summed E-state index contributed by atoms with van der Waals surface area (Å²) in [7, 11) is -1.05. The molecule has 0 saturated carbocycles. The third kappa shape index (κ3) is 3.62. The number of hydrazine groups is 1. The van der Waals surface area contributed by atoms with E-state index in [9.17, 15) is 0 Å². The van der Waals surface area contributed by atoms with Crippen molar-refractivity contribution in [3.05, 3.63) is 30.5 Å². The molecule has 2 aromatic heterocycles. The van der Waals surface area contributed by atoms with E-state index < -0.39 is 8.07 Å². The maximum Gasteiger partial charge on any atom is 0.145 e. The minimum atomic E-state index is -1.05. The summed E-state index contributed by atoms with van der Waals surface area (Å²) in [6.07, 6.45) is 5.62. The molecule has 3 rings (SSSR count). The summed E-state index contributed by atoms with van der Waals surface area (Å²) < 4.78 is 7.89. The third-order valence-corrected chi connectivity index (χ3v) is 5.75. The Bertz CT molecular complexity index is 719. The molecule has 1 unspecified atom stereocenters. The van der Waals surface area contributed by atoms with E-state index in [2.05, 4.69) is 53.5 Å². The summed E-state index contributed by atoms with van der Waals surface area (Å²) in [4.78, 5) is 8.91. The standard InChI is InChI=1S/C16H25N5OSi/c1-12-14(9-19-20-12)15-13-5-6-21(16(13)18-10-17-15)11-22-7-8-23(2,3)4/h5-6,9-10,12,19-20H,7-8,11H2,1-4H3. The molecule has 0 aliphatic carbocycles. The van der Waals surface area contributed by atoms with Crippen LogP contribution >= 0.6 is 0 Å². The molecule has 0 spiro atoms. The van der Waals surface area contributed by atoms with Crippen LogP contribution in [0.25, 0.3) is 16.6 Å². The van der Waals surface area contributed by atoms with Crippen molar-refractivity contribution in [1.29, 1.82) is 0 Å². The van der Waals surface area contributed by atoms with Crippen molar-refractivity contribution >= 4 is 24.7 Å². The largest absolute Gasteiger partial charge is 0.361 e. The summed E-state index contributed by atoms with van der Waals surface area (Å²) in [6.45, 7) is 10.5. The number of rotatable bonds is 6. The topological polar surface area (TPSA) is 64.0 Å². The number of ether oxygens (including phenoxy) is 1. The molecule has 2 aromatic rings. The van der Waals surface area contributed by atoms with Crippen molar-refractivity contribution < 1.29 is 4.74 Å². The molecular weight excluding hydrogens is 306 g/mol. The van der Waals surface area contributed by atoms with E-state index in [0.717, 1.165) is 28.9 Å². The van der Waals surface area contributed by atoms with Gasteiger partial charge in [0.2, 0.25) is 0 Å². The highest BCUT2D eigenvalue weighted by molar-refractivity contribution is 6.76. The molecule has 0 fully saturated rings. The van der Waals surface area contributed by atoms with Crippen LogP contribution in [0.2, 0.25) is 25.7 Å². The number of aromatic nitrogens is 3. The average molecular weight is 331 g/mol. The lowest BCUT2D eigenvalue weighted by Gasteiger charge is -2.15. The highest BCUT2D eigenvalue weighted by Crippen LogP contribution is 2.26. The zero-order chi connectivity index (χ0) is 16.4. The second kappa shape index (κ2) is 6.43. The average Bonchev–Trinajstić information content (AvgIpc) is 3.09. The van der Waals surface area contributed by atoms with E-state index in [0.29, 0.717) is 6.73 Å². The van der Waals surface area contributed by atoms with Gasteiger partial charge < -0.3 is 14.7 Å². The summed E-state index contributed by atoms with van der Waals surface area (Å²) in [5.74, 6) is 0. The SMILES string of the molecule is CC1NNC=C1c1ncnc2c1ccn2COCC[Si](C)(C)C. The van der Waals surface area contributed by atoms with Crippen molar-refractivity contribution in [2.75, 3.05) is 6.61 Å². The van der Waals surface area contributed by atoms with E-state index in [4.69, 9.17) is 4.74 Å². The van der Waals surface area contributed by atoms with Gasteiger partial charge in [-0.3, -0.25) is 0 Å². The van der Waals surface area contributed by atoms with Crippen molar-refractivity contribution in [1.82, 2.24) is 25.4 Å². The molecule has 0 aromatic carbocycles. The molecule has 0 amide bonds. The van der Waals surface area contributed by atoms with E-state index in [1.807, 2.05) is 17.0 Å². The van der Waals surface area contributed by atoms with Crippen LogP contribution in [0.5, 0.6) is 0 Å². The van der Waals surface area contributed by atoms with Crippen molar-refractivity contribution in [3.63, 3.8) is 0 Å². The lowest BCUT2D eigenvalue weighted by Crippen LogP contribution is -2.28. The zero-order valence-corrected chi connectivity index (χ0v) is 15.3. The molecule has 1 aliphatic rings. The van der Waals surface area contributed by atoms with Crippen LogP contribution in [0.4, 0.5) is 0 Å². The molecule has 1 atom stereocenters. The van der Waals surface area contributed by atoms with Crippen LogP contribution in [-0.4, -0.2) is 35.3 Å². The van der Waals surface area contributed by atoms with Crippen LogP contribution in [0.3, 0.4) is 0 Å². The Labute approximate surface area is 137 Å². The van der Waals surface area contributed by atoms with Crippen molar-refractivity contribution in [3.8, 4) is 0 Å². The Morgan fingerprint density at radius 3 is 2.83 bits per heavy atom. The lowest BCUT2D eigenvalue weighted by molar-refractivity contribution is 0.0899. The molecule has 3 heterocycles. The van der Waals surface area contributed by atoms with Gasteiger partial charge in [-0.25, -0.2) is 15.4 Å². The van der Waals surface area contributed by atoms with Gasteiger partial charge in [0.05, 0.1) is 11.7 Å². The predicted octanol–water partition coefficient (Wildman–Crippen LogP) is 2.58. The van der Waals surface area contributed by atoms with Crippen LogP contribution in [-0.2, 0) is 11.5 Å².